The minimum absolute atomic E-state index is 0.138. The molecule has 1 aliphatic carbocycles. The quantitative estimate of drug-likeness (QED) is 0.663. The summed E-state index contributed by atoms with van der Waals surface area (Å²) in [5.74, 6) is -1.11. The van der Waals surface area contributed by atoms with Gasteiger partial charge in [0.05, 0.1) is 0 Å². The zero-order valence-electron chi connectivity index (χ0n) is 6.27. The van der Waals surface area contributed by atoms with Crippen LogP contribution in [-0.4, -0.2) is 23.2 Å². The third-order valence-electron chi connectivity index (χ3n) is 2.07. The van der Waals surface area contributed by atoms with E-state index in [4.69, 9.17) is 5.11 Å². The summed E-state index contributed by atoms with van der Waals surface area (Å²) in [5.41, 5.74) is 0. The maximum Gasteiger partial charge on any atom is 0.414 e. The number of hydrogen-bond donors (Lipinski definition) is 1. The highest BCUT2D eigenvalue weighted by molar-refractivity contribution is 5.80. The number of aliphatic hydroxyl groups is 1. The third-order valence-corrected chi connectivity index (χ3v) is 2.07. The Bertz CT molecular complexity index is 188. The Kier molecular flexibility index (Phi) is 2.41. The van der Waals surface area contributed by atoms with Gasteiger partial charge in [0.15, 0.2) is 6.10 Å². The Labute approximate surface area is 67.4 Å². The van der Waals surface area contributed by atoms with Crippen LogP contribution in [0.25, 0.3) is 0 Å². The maximum atomic E-state index is 11.9. The molecule has 2 atom stereocenters. The molecule has 1 N–H and O–H groups in total. The molecule has 0 aromatic rings. The molecule has 2 nitrogen and oxygen atoms in total. The van der Waals surface area contributed by atoms with Crippen molar-refractivity contribution in [3.8, 4) is 0 Å². The lowest BCUT2D eigenvalue weighted by Crippen LogP contribution is -2.34. The fourth-order valence-corrected chi connectivity index (χ4v) is 1.38. The molecule has 0 aliphatic heterocycles. The first-order valence-corrected chi connectivity index (χ1v) is 3.67. The van der Waals surface area contributed by atoms with Crippen LogP contribution in [0.3, 0.4) is 0 Å². The van der Waals surface area contributed by atoms with Crippen molar-refractivity contribution in [3.63, 3.8) is 0 Å². The third kappa shape index (κ3) is 1.97. The Morgan fingerprint density at radius 1 is 1.50 bits per heavy atom. The topological polar surface area (TPSA) is 37.3 Å². The molecule has 70 valence electrons. The summed E-state index contributed by atoms with van der Waals surface area (Å²) in [6, 6.07) is 0. The molecule has 0 aromatic carbocycles. The number of hydrogen-bond acceptors (Lipinski definition) is 2. The lowest BCUT2D eigenvalue weighted by Gasteiger charge is -2.19. The molecular weight excluding hydrogens is 173 g/mol. The number of carbonyl (C=O) groups is 1. The highest BCUT2D eigenvalue weighted by atomic mass is 19.4. The van der Waals surface area contributed by atoms with Crippen LogP contribution in [0, 0.1) is 5.92 Å². The molecule has 0 unspecified atom stereocenters. The van der Waals surface area contributed by atoms with E-state index in [0.29, 0.717) is 0 Å². The first-order chi connectivity index (χ1) is 5.41. The van der Waals surface area contributed by atoms with Crippen molar-refractivity contribution < 1.29 is 23.1 Å². The van der Waals surface area contributed by atoms with Crippen molar-refractivity contribution in [2.45, 2.75) is 31.5 Å². The van der Waals surface area contributed by atoms with Crippen LogP contribution in [0.15, 0.2) is 0 Å². The van der Waals surface area contributed by atoms with Gasteiger partial charge >= 0.3 is 6.18 Å². The van der Waals surface area contributed by atoms with E-state index in [9.17, 15) is 18.0 Å². The van der Waals surface area contributed by atoms with Gasteiger partial charge in [-0.1, -0.05) is 0 Å². The van der Waals surface area contributed by atoms with E-state index in [-0.39, 0.29) is 25.0 Å². The van der Waals surface area contributed by atoms with Crippen molar-refractivity contribution >= 4 is 5.78 Å². The molecular formula is C7H9F3O2. The summed E-state index contributed by atoms with van der Waals surface area (Å²) in [6.45, 7) is 0. The number of carbonyl (C=O) groups excluding carboxylic acids is 1. The van der Waals surface area contributed by atoms with Crippen LogP contribution in [0.1, 0.15) is 19.3 Å². The lowest BCUT2D eigenvalue weighted by atomic mass is 10.0. The van der Waals surface area contributed by atoms with Gasteiger partial charge in [-0.05, 0) is 6.42 Å². The van der Waals surface area contributed by atoms with Crippen molar-refractivity contribution in [1.82, 2.24) is 0 Å². The predicted molar refractivity (Wildman–Crippen MR) is 34.4 cm³/mol. The Morgan fingerprint density at radius 2 is 2.08 bits per heavy atom. The fourth-order valence-electron chi connectivity index (χ4n) is 1.38. The van der Waals surface area contributed by atoms with E-state index >= 15 is 0 Å². The molecule has 0 spiro atoms. The number of halogens is 3. The van der Waals surface area contributed by atoms with Crippen LogP contribution in [0.4, 0.5) is 13.2 Å². The second-order valence-electron chi connectivity index (χ2n) is 3.03. The van der Waals surface area contributed by atoms with Gasteiger partial charge < -0.3 is 5.11 Å². The van der Waals surface area contributed by atoms with Gasteiger partial charge in [-0.2, -0.15) is 13.2 Å². The van der Waals surface area contributed by atoms with Crippen molar-refractivity contribution in [1.29, 1.82) is 0 Å². The van der Waals surface area contributed by atoms with Crippen LogP contribution in [0.5, 0.6) is 0 Å². The van der Waals surface area contributed by atoms with Gasteiger partial charge in [-0.15, -0.1) is 0 Å². The lowest BCUT2D eigenvalue weighted by molar-refractivity contribution is -0.218. The van der Waals surface area contributed by atoms with Crippen molar-refractivity contribution in [2.24, 2.45) is 5.92 Å². The summed E-state index contributed by atoms with van der Waals surface area (Å²) < 4.78 is 35.6. The normalized spacial score (nSPS) is 27.7. The molecule has 0 radical (unpaired) electrons. The summed E-state index contributed by atoms with van der Waals surface area (Å²) in [7, 11) is 0. The largest absolute Gasteiger partial charge is 0.414 e. The highest BCUT2D eigenvalue weighted by Gasteiger charge is 2.45. The van der Waals surface area contributed by atoms with Gasteiger partial charge in [0, 0.05) is 18.8 Å². The second-order valence-corrected chi connectivity index (χ2v) is 3.03. The van der Waals surface area contributed by atoms with Crippen LogP contribution < -0.4 is 0 Å². The minimum Gasteiger partial charge on any atom is -0.383 e. The molecule has 12 heavy (non-hydrogen) atoms. The minimum atomic E-state index is -4.59. The standard InChI is InChI=1S/C7H9F3O2/c8-7(9,10)6(12)4-1-2-5(11)3-4/h4,6,12H,1-3H2/t4-,6-/m0/s1. The van der Waals surface area contributed by atoms with E-state index in [2.05, 4.69) is 0 Å². The van der Waals surface area contributed by atoms with E-state index in [0.717, 1.165) is 0 Å². The molecule has 0 heterocycles. The van der Waals surface area contributed by atoms with Crippen molar-refractivity contribution in [3.05, 3.63) is 0 Å². The van der Waals surface area contributed by atoms with Gasteiger partial charge in [-0.3, -0.25) is 4.79 Å². The number of ketones is 1. The van der Waals surface area contributed by atoms with Gasteiger partial charge in [0.25, 0.3) is 0 Å². The zero-order chi connectivity index (χ0) is 9.35. The van der Waals surface area contributed by atoms with Gasteiger partial charge in [0.1, 0.15) is 5.78 Å². The molecule has 1 saturated carbocycles. The number of Topliss-reactive ketones (excluding diaryl/α,β-unsaturated/α-hetero) is 1. The van der Waals surface area contributed by atoms with Gasteiger partial charge in [-0.25, -0.2) is 0 Å². The van der Waals surface area contributed by atoms with Crippen LogP contribution in [-0.2, 0) is 4.79 Å². The van der Waals surface area contributed by atoms with Crippen LogP contribution >= 0.6 is 0 Å². The smallest absolute Gasteiger partial charge is 0.383 e. The summed E-state index contributed by atoms with van der Waals surface area (Å²) in [6.07, 6.45) is -6.74. The SMILES string of the molecule is O=C1CC[C@H]([C@H](O)C(F)(F)F)C1. The Balaban J connectivity index is 2.54. The Morgan fingerprint density at radius 3 is 2.42 bits per heavy atom. The summed E-state index contributed by atoms with van der Waals surface area (Å²) >= 11 is 0. The molecule has 0 amide bonds. The number of rotatable bonds is 1. The Hall–Kier alpha value is -0.580. The van der Waals surface area contributed by atoms with E-state index in [1.54, 1.807) is 0 Å². The maximum absolute atomic E-state index is 11.9. The molecule has 0 bridgehead atoms. The predicted octanol–water partition coefficient (Wildman–Crippen LogP) is 1.28. The number of alkyl halides is 3. The molecule has 1 fully saturated rings. The van der Waals surface area contributed by atoms with E-state index in [1.165, 1.54) is 0 Å². The molecule has 0 aromatic heterocycles. The molecule has 1 rings (SSSR count). The first kappa shape index (κ1) is 9.51. The average Bonchev–Trinajstić information content (AvgIpc) is 2.32. The van der Waals surface area contributed by atoms with E-state index in [1.807, 2.05) is 0 Å². The van der Waals surface area contributed by atoms with E-state index < -0.39 is 18.2 Å². The summed E-state index contributed by atoms with van der Waals surface area (Å²) in [4.78, 5) is 10.6. The zero-order valence-corrected chi connectivity index (χ0v) is 6.27. The van der Waals surface area contributed by atoms with Gasteiger partial charge in [0.2, 0.25) is 0 Å². The number of aliphatic hydroxyl groups excluding tert-OH is 1. The monoisotopic (exact) mass is 182 g/mol. The highest BCUT2D eigenvalue weighted by Crippen LogP contribution is 2.33. The molecule has 1 aliphatic rings. The second kappa shape index (κ2) is 3.05. The molecule has 5 heteroatoms. The van der Waals surface area contributed by atoms with Crippen LogP contribution in [0.2, 0.25) is 0 Å². The fraction of sp³-hybridized carbons (Fsp3) is 0.857. The summed E-state index contributed by atoms with van der Waals surface area (Å²) in [5, 5.41) is 8.73. The van der Waals surface area contributed by atoms with Crippen molar-refractivity contribution in [2.75, 3.05) is 0 Å². The first-order valence-electron chi connectivity index (χ1n) is 3.67. The average molecular weight is 182 g/mol. The molecule has 0 saturated heterocycles.